The van der Waals surface area contributed by atoms with Gasteiger partial charge in [0.15, 0.2) is 5.15 Å². The molecular weight excluding hydrogens is 264 g/mol. The molecule has 0 bridgehead atoms. The van der Waals surface area contributed by atoms with Crippen molar-refractivity contribution in [1.29, 1.82) is 0 Å². The molecule has 0 aliphatic carbocycles. The van der Waals surface area contributed by atoms with Crippen molar-refractivity contribution in [2.75, 3.05) is 6.61 Å². The fraction of sp³-hybridized carbons (Fsp3) is 0.214. The van der Waals surface area contributed by atoms with Crippen LogP contribution in [0, 0.1) is 6.92 Å². The second-order valence-corrected chi connectivity index (χ2v) is 4.33. The Labute approximate surface area is 116 Å². The summed E-state index contributed by atoms with van der Waals surface area (Å²) in [4.78, 5) is 11.8. The molecule has 0 aliphatic heterocycles. The zero-order valence-electron chi connectivity index (χ0n) is 10.7. The lowest BCUT2D eigenvalue weighted by molar-refractivity contribution is 0.0526. The van der Waals surface area contributed by atoms with Crippen LogP contribution in [0.25, 0.3) is 11.3 Å². The average Bonchev–Trinajstić information content (AvgIpc) is 2.40. The second-order valence-electron chi connectivity index (χ2n) is 3.97. The van der Waals surface area contributed by atoms with Crippen LogP contribution >= 0.6 is 11.6 Å². The number of aryl methyl sites for hydroxylation is 1. The van der Waals surface area contributed by atoms with E-state index in [1.54, 1.807) is 13.0 Å². The summed E-state index contributed by atoms with van der Waals surface area (Å²) in [6.45, 7) is 4.00. The van der Waals surface area contributed by atoms with Gasteiger partial charge in [0, 0.05) is 5.56 Å². The lowest BCUT2D eigenvalue weighted by atomic mass is 10.0. The maximum atomic E-state index is 11.8. The topological polar surface area (TPSA) is 52.1 Å². The standard InChI is InChI=1S/C14H13ClN2O2/c1-3-19-14(18)11-8-12(16-17-13(11)15)10-7-5-4-6-9(10)2/h4-8H,3H2,1-2H3. The highest BCUT2D eigenvalue weighted by molar-refractivity contribution is 6.32. The lowest BCUT2D eigenvalue weighted by Gasteiger charge is -2.07. The molecule has 0 unspecified atom stereocenters. The summed E-state index contributed by atoms with van der Waals surface area (Å²) < 4.78 is 4.94. The molecule has 4 nitrogen and oxygen atoms in total. The smallest absolute Gasteiger partial charge is 0.341 e. The first-order valence-corrected chi connectivity index (χ1v) is 6.27. The molecular formula is C14H13ClN2O2. The maximum absolute atomic E-state index is 11.8. The van der Waals surface area contributed by atoms with Crippen molar-refractivity contribution in [1.82, 2.24) is 10.2 Å². The normalized spacial score (nSPS) is 10.3. The molecule has 19 heavy (non-hydrogen) atoms. The lowest BCUT2D eigenvalue weighted by Crippen LogP contribution is -2.07. The number of carbonyl (C=O) groups excluding carboxylic acids is 1. The second kappa shape index (κ2) is 5.80. The highest BCUT2D eigenvalue weighted by Gasteiger charge is 2.15. The van der Waals surface area contributed by atoms with Gasteiger partial charge in [0.2, 0.25) is 0 Å². The van der Waals surface area contributed by atoms with Crippen molar-refractivity contribution in [3.8, 4) is 11.3 Å². The molecule has 2 aromatic rings. The molecule has 5 heteroatoms. The molecule has 0 radical (unpaired) electrons. The highest BCUT2D eigenvalue weighted by atomic mass is 35.5. The first kappa shape index (κ1) is 13.5. The van der Waals surface area contributed by atoms with Crippen LogP contribution in [0.3, 0.4) is 0 Å². The Kier molecular flexibility index (Phi) is 4.12. The van der Waals surface area contributed by atoms with Gasteiger partial charge in [0.1, 0.15) is 5.56 Å². The molecule has 1 aromatic heterocycles. The van der Waals surface area contributed by atoms with Crippen molar-refractivity contribution < 1.29 is 9.53 Å². The molecule has 0 N–H and O–H groups in total. The molecule has 0 atom stereocenters. The predicted octanol–water partition coefficient (Wildman–Crippen LogP) is 3.28. The third-order valence-electron chi connectivity index (χ3n) is 2.67. The van der Waals surface area contributed by atoms with Crippen molar-refractivity contribution in [3.05, 3.63) is 46.6 Å². The Morgan fingerprint density at radius 1 is 1.32 bits per heavy atom. The van der Waals surface area contributed by atoms with Gasteiger partial charge in [-0.3, -0.25) is 0 Å². The van der Waals surface area contributed by atoms with Gasteiger partial charge in [-0.05, 0) is 25.5 Å². The summed E-state index contributed by atoms with van der Waals surface area (Å²) in [7, 11) is 0. The summed E-state index contributed by atoms with van der Waals surface area (Å²) >= 11 is 5.88. The number of ether oxygens (including phenoxy) is 1. The fourth-order valence-electron chi connectivity index (χ4n) is 1.72. The number of hydrogen-bond donors (Lipinski definition) is 0. The molecule has 2 rings (SSSR count). The van der Waals surface area contributed by atoms with E-state index in [9.17, 15) is 4.79 Å². The number of rotatable bonds is 3. The van der Waals surface area contributed by atoms with Gasteiger partial charge in [0.25, 0.3) is 0 Å². The zero-order valence-corrected chi connectivity index (χ0v) is 11.4. The van der Waals surface area contributed by atoms with E-state index in [1.165, 1.54) is 0 Å². The minimum absolute atomic E-state index is 0.0517. The van der Waals surface area contributed by atoms with Gasteiger partial charge in [0.05, 0.1) is 12.3 Å². The number of esters is 1. The SMILES string of the molecule is CCOC(=O)c1cc(-c2ccccc2C)nnc1Cl. The average molecular weight is 277 g/mol. The highest BCUT2D eigenvalue weighted by Crippen LogP contribution is 2.24. The van der Waals surface area contributed by atoms with Crippen molar-refractivity contribution in [2.45, 2.75) is 13.8 Å². The Morgan fingerprint density at radius 2 is 2.05 bits per heavy atom. The van der Waals surface area contributed by atoms with E-state index < -0.39 is 5.97 Å². The number of aromatic nitrogens is 2. The number of benzene rings is 1. The minimum Gasteiger partial charge on any atom is -0.462 e. The van der Waals surface area contributed by atoms with E-state index in [2.05, 4.69) is 10.2 Å². The van der Waals surface area contributed by atoms with E-state index in [0.717, 1.165) is 11.1 Å². The van der Waals surface area contributed by atoms with Gasteiger partial charge in [-0.1, -0.05) is 35.9 Å². The number of halogens is 1. The summed E-state index contributed by atoms with van der Waals surface area (Å²) in [6.07, 6.45) is 0. The van der Waals surface area contributed by atoms with Gasteiger partial charge < -0.3 is 4.74 Å². The number of hydrogen-bond acceptors (Lipinski definition) is 4. The van der Waals surface area contributed by atoms with Gasteiger partial charge >= 0.3 is 5.97 Å². The summed E-state index contributed by atoms with van der Waals surface area (Å²) in [6, 6.07) is 9.34. The third-order valence-corrected chi connectivity index (χ3v) is 2.94. The molecule has 0 saturated heterocycles. The van der Waals surface area contributed by atoms with Crippen LogP contribution in [-0.2, 0) is 4.74 Å². The van der Waals surface area contributed by atoms with E-state index in [-0.39, 0.29) is 17.3 Å². The molecule has 0 spiro atoms. The quantitative estimate of drug-likeness (QED) is 0.807. The van der Waals surface area contributed by atoms with Crippen LogP contribution in [0.15, 0.2) is 30.3 Å². The maximum Gasteiger partial charge on any atom is 0.341 e. The van der Waals surface area contributed by atoms with Crippen LogP contribution in [0.1, 0.15) is 22.8 Å². The van der Waals surface area contributed by atoms with Crippen molar-refractivity contribution >= 4 is 17.6 Å². The Balaban J connectivity index is 2.47. The van der Waals surface area contributed by atoms with Gasteiger partial charge in [-0.25, -0.2) is 4.79 Å². The summed E-state index contributed by atoms with van der Waals surface area (Å²) in [5, 5.41) is 7.89. The Bertz CT molecular complexity index is 614. The third kappa shape index (κ3) is 2.90. The number of nitrogens with zero attached hydrogens (tertiary/aromatic N) is 2. The molecule has 0 aliphatic rings. The fourth-order valence-corrected chi connectivity index (χ4v) is 1.89. The largest absolute Gasteiger partial charge is 0.462 e. The zero-order chi connectivity index (χ0) is 13.8. The molecule has 1 heterocycles. The predicted molar refractivity (Wildman–Crippen MR) is 73.2 cm³/mol. The number of carbonyl (C=O) groups is 1. The molecule has 0 fully saturated rings. The first-order chi connectivity index (χ1) is 9.13. The first-order valence-electron chi connectivity index (χ1n) is 5.89. The molecule has 0 amide bonds. The van der Waals surface area contributed by atoms with Crippen LogP contribution in [0.2, 0.25) is 5.15 Å². The van der Waals surface area contributed by atoms with Gasteiger partial charge in [-0.15, -0.1) is 10.2 Å². The molecule has 0 saturated carbocycles. The van der Waals surface area contributed by atoms with Crippen LogP contribution in [0.5, 0.6) is 0 Å². The van der Waals surface area contributed by atoms with Crippen LogP contribution < -0.4 is 0 Å². The van der Waals surface area contributed by atoms with Crippen LogP contribution in [0.4, 0.5) is 0 Å². The van der Waals surface area contributed by atoms with E-state index in [1.807, 2.05) is 31.2 Å². The molecule has 98 valence electrons. The van der Waals surface area contributed by atoms with E-state index >= 15 is 0 Å². The summed E-state index contributed by atoms with van der Waals surface area (Å²) in [5.41, 5.74) is 2.80. The van der Waals surface area contributed by atoms with Crippen molar-refractivity contribution in [2.24, 2.45) is 0 Å². The molecule has 1 aromatic carbocycles. The Morgan fingerprint density at radius 3 is 2.74 bits per heavy atom. The minimum atomic E-state index is -0.489. The van der Waals surface area contributed by atoms with Crippen LogP contribution in [-0.4, -0.2) is 22.8 Å². The van der Waals surface area contributed by atoms with E-state index in [4.69, 9.17) is 16.3 Å². The monoisotopic (exact) mass is 276 g/mol. The van der Waals surface area contributed by atoms with Gasteiger partial charge in [-0.2, -0.15) is 0 Å². The van der Waals surface area contributed by atoms with Crippen molar-refractivity contribution in [3.63, 3.8) is 0 Å². The van der Waals surface area contributed by atoms with E-state index in [0.29, 0.717) is 5.69 Å². The Hall–Kier alpha value is -1.94. The summed E-state index contributed by atoms with van der Waals surface area (Å²) in [5.74, 6) is -0.489.